The van der Waals surface area contributed by atoms with E-state index in [1.54, 1.807) is 0 Å². The third-order valence-electron chi connectivity index (χ3n) is 9.07. The average Bonchev–Trinajstić information content (AvgIpc) is 3.39. The smallest absolute Gasteiger partial charge is 0.135 e. The molecule has 0 aromatic carbocycles. The molecule has 4 unspecified atom stereocenters. The van der Waals surface area contributed by atoms with Gasteiger partial charge in [-0.15, -0.1) is 6.58 Å². The molecule has 0 aromatic rings. The minimum Gasteiger partial charge on any atom is -0.393 e. The first-order valence-corrected chi connectivity index (χ1v) is 15.5. The minimum absolute atomic E-state index is 0.0157. The van der Waals surface area contributed by atoms with Crippen molar-refractivity contribution in [3.05, 3.63) is 12.7 Å². The van der Waals surface area contributed by atoms with Gasteiger partial charge in [0.1, 0.15) is 17.7 Å². The third-order valence-corrected chi connectivity index (χ3v) is 9.07. The molecule has 0 radical (unpaired) electrons. The molecule has 3 aliphatic heterocycles. The lowest BCUT2D eigenvalue weighted by Gasteiger charge is -2.23. The summed E-state index contributed by atoms with van der Waals surface area (Å²) in [5.41, 5.74) is 0. The van der Waals surface area contributed by atoms with Crippen molar-refractivity contribution in [1.29, 1.82) is 0 Å². The van der Waals surface area contributed by atoms with Crippen LogP contribution >= 0.6 is 0 Å². The first kappa shape index (κ1) is 32.4. The van der Waals surface area contributed by atoms with Gasteiger partial charge in [0.2, 0.25) is 0 Å². The second-order valence-corrected chi connectivity index (χ2v) is 13.1. The Labute approximate surface area is 236 Å². The third kappa shape index (κ3) is 10.0. The molecule has 0 spiro atoms. The molecule has 39 heavy (non-hydrogen) atoms. The largest absolute Gasteiger partial charge is 0.393 e. The Morgan fingerprint density at radius 3 is 2.26 bits per heavy atom. The molecule has 0 aliphatic carbocycles. The van der Waals surface area contributed by atoms with Crippen molar-refractivity contribution in [2.45, 2.75) is 154 Å². The Morgan fingerprint density at radius 2 is 1.62 bits per heavy atom. The van der Waals surface area contributed by atoms with Crippen LogP contribution in [0.2, 0.25) is 0 Å². The van der Waals surface area contributed by atoms with Gasteiger partial charge in [0.05, 0.1) is 42.7 Å². The van der Waals surface area contributed by atoms with Crippen LogP contribution in [-0.2, 0) is 23.8 Å². The van der Waals surface area contributed by atoms with E-state index in [4.69, 9.17) is 14.2 Å². The summed E-state index contributed by atoms with van der Waals surface area (Å²) in [4.78, 5) is 24.9. The fourth-order valence-corrected chi connectivity index (χ4v) is 6.34. The van der Waals surface area contributed by atoms with E-state index in [1.165, 1.54) is 0 Å². The molecule has 0 aromatic heterocycles. The van der Waals surface area contributed by atoms with Crippen molar-refractivity contribution in [3.8, 4) is 0 Å². The summed E-state index contributed by atoms with van der Waals surface area (Å²) in [5, 5.41) is 21.1. The number of rotatable bonds is 18. The van der Waals surface area contributed by atoms with Crippen LogP contribution in [0.3, 0.4) is 0 Å². The number of ether oxygens (including phenoxy) is 3. The van der Waals surface area contributed by atoms with E-state index < -0.39 is 12.2 Å². The van der Waals surface area contributed by atoms with Crippen LogP contribution in [-0.4, -0.2) is 70.6 Å². The molecule has 2 N–H and O–H groups in total. The summed E-state index contributed by atoms with van der Waals surface area (Å²) in [7, 11) is 0. The zero-order chi connectivity index (χ0) is 28.7. The van der Waals surface area contributed by atoms with E-state index in [9.17, 15) is 19.8 Å². The highest BCUT2D eigenvalue weighted by Gasteiger charge is 2.52. The lowest BCUT2D eigenvalue weighted by molar-refractivity contribution is -0.126. The Hall–Kier alpha value is -1.12. The van der Waals surface area contributed by atoms with Crippen LogP contribution in [0.5, 0.6) is 0 Å². The summed E-state index contributed by atoms with van der Waals surface area (Å²) in [6.45, 7) is 14.4. The van der Waals surface area contributed by atoms with E-state index in [-0.39, 0.29) is 79.3 Å². The minimum atomic E-state index is -0.821. The molecule has 3 rings (SSSR count). The van der Waals surface area contributed by atoms with Gasteiger partial charge in [0.25, 0.3) is 0 Å². The molecule has 3 aliphatic rings. The molecule has 0 bridgehead atoms. The van der Waals surface area contributed by atoms with Gasteiger partial charge in [-0.05, 0) is 68.6 Å². The standard InChI is InChI=1S/C32H54O7/c1-7-20(4)8-12-26-13-15-28(37-26)21(5)16-23(33)9-10-24(34)18-25(35)11-14-27(36)31-22(6)17-29(38-31)32-30(39-32)19(2)3/h7,19-22,25-32,35-36H,1,8-18H2,2-6H3/t20?,21-,22-,25?,26+,27-,28+,29-,30?,31-,32?/m0/s1. The first-order valence-electron chi connectivity index (χ1n) is 15.5. The van der Waals surface area contributed by atoms with Gasteiger partial charge in [0, 0.05) is 25.7 Å². The molecule has 7 nitrogen and oxygen atoms in total. The predicted octanol–water partition coefficient (Wildman–Crippen LogP) is 5.19. The highest BCUT2D eigenvalue weighted by molar-refractivity contribution is 5.86. The maximum atomic E-state index is 12.5. The number of allylic oxidation sites excluding steroid dienone is 1. The Morgan fingerprint density at radius 1 is 0.923 bits per heavy atom. The Bertz CT molecular complexity index is 797. The van der Waals surface area contributed by atoms with Crippen LogP contribution < -0.4 is 0 Å². The van der Waals surface area contributed by atoms with Crippen molar-refractivity contribution in [2.75, 3.05) is 0 Å². The molecule has 3 fully saturated rings. The second kappa shape index (κ2) is 15.2. The monoisotopic (exact) mass is 550 g/mol. The SMILES string of the molecule is C=CC(C)CC[C@@H]1CC[C@H]([C@@H](C)CC(=O)CCC(=O)CC(O)CC[C@H](O)[C@H]2O[C@H](C3OC3C(C)C)C[C@@H]2C)O1. The van der Waals surface area contributed by atoms with Crippen molar-refractivity contribution in [1.82, 2.24) is 0 Å². The molecular weight excluding hydrogens is 496 g/mol. The molecule has 3 saturated heterocycles. The number of carbonyl (C=O) groups is 2. The maximum absolute atomic E-state index is 12.5. The Balaban J connectivity index is 1.27. The van der Waals surface area contributed by atoms with E-state index in [0.717, 1.165) is 32.1 Å². The second-order valence-electron chi connectivity index (χ2n) is 13.1. The number of Topliss-reactive ketones (excluding diaryl/α,β-unsaturated/α-hetero) is 2. The van der Waals surface area contributed by atoms with Crippen molar-refractivity contribution >= 4 is 11.6 Å². The predicted molar refractivity (Wildman–Crippen MR) is 151 cm³/mol. The van der Waals surface area contributed by atoms with Crippen LogP contribution in [0.4, 0.5) is 0 Å². The van der Waals surface area contributed by atoms with Gasteiger partial charge in [-0.2, -0.15) is 0 Å². The Kier molecular flexibility index (Phi) is 12.6. The van der Waals surface area contributed by atoms with Gasteiger partial charge >= 0.3 is 0 Å². The lowest BCUT2D eigenvalue weighted by atomic mass is 9.92. The van der Waals surface area contributed by atoms with E-state index in [0.29, 0.717) is 31.1 Å². The summed E-state index contributed by atoms with van der Waals surface area (Å²) >= 11 is 0. The van der Waals surface area contributed by atoms with Crippen molar-refractivity contribution < 1.29 is 34.0 Å². The number of hydrogen-bond acceptors (Lipinski definition) is 7. The van der Waals surface area contributed by atoms with E-state index in [1.807, 2.05) is 6.08 Å². The summed E-state index contributed by atoms with van der Waals surface area (Å²) in [6.07, 6.45) is 7.46. The normalized spacial score (nSPS) is 33.6. The number of epoxide rings is 1. The highest BCUT2D eigenvalue weighted by atomic mass is 16.6. The quantitative estimate of drug-likeness (QED) is 0.179. The average molecular weight is 551 g/mol. The van der Waals surface area contributed by atoms with Crippen LogP contribution in [0.25, 0.3) is 0 Å². The molecule has 0 amide bonds. The summed E-state index contributed by atoms with van der Waals surface area (Å²) in [5.74, 6) is 1.28. The molecular formula is C32H54O7. The number of carbonyl (C=O) groups excluding carboxylic acids is 2. The van der Waals surface area contributed by atoms with E-state index in [2.05, 4.69) is 41.2 Å². The zero-order valence-corrected chi connectivity index (χ0v) is 24.9. The van der Waals surface area contributed by atoms with Crippen LogP contribution in [0.1, 0.15) is 105 Å². The highest BCUT2D eigenvalue weighted by Crippen LogP contribution is 2.41. The number of aliphatic hydroxyl groups excluding tert-OH is 2. The van der Waals surface area contributed by atoms with E-state index >= 15 is 0 Å². The zero-order valence-electron chi connectivity index (χ0n) is 24.9. The number of aliphatic hydroxyl groups is 2. The topological polar surface area (TPSA) is 106 Å². The molecule has 11 atom stereocenters. The lowest BCUT2D eigenvalue weighted by Crippen LogP contribution is -2.32. The van der Waals surface area contributed by atoms with Gasteiger partial charge in [-0.1, -0.05) is 40.7 Å². The van der Waals surface area contributed by atoms with Crippen LogP contribution in [0.15, 0.2) is 12.7 Å². The number of hydrogen-bond donors (Lipinski definition) is 2. The van der Waals surface area contributed by atoms with Gasteiger partial charge in [-0.3, -0.25) is 9.59 Å². The first-order chi connectivity index (χ1) is 18.5. The fraction of sp³-hybridized carbons (Fsp3) is 0.875. The van der Waals surface area contributed by atoms with Gasteiger partial charge in [-0.25, -0.2) is 0 Å². The molecule has 7 heteroatoms. The molecule has 3 heterocycles. The number of ketones is 2. The fourth-order valence-electron chi connectivity index (χ4n) is 6.34. The van der Waals surface area contributed by atoms with Crippen molar-refractivity contribution in [3.63, 3.8) is 0 Å². The maximum Gasteiger partial charge on any atom is 0.135 e. The molecule has 0 saturated carbocycles. The van der Waals surface area contributed by atoms with Crippen molar-refractivity contribution in [2.24, 2.45) is 23.7 Å². The molecule has 224 valence electrons. The van der Waals surface area contributed by atoms with Gasteiger partial charge in [0.15, 0.2) is 0 Å². The van der Waals surface area contributed by atoms with Crippen LogP contribution in [0, 0.1) is 23.7 Å². The van der Waals surface area contributed by atoms with Gasteiger partial charge < -0.3 is 24.4 Å². The summed E-state index contributed by atoms with van der Waals surface area (Å²) < 4.78 is 18.1. The summed E-state index contributed by atoms with van der Waals surface area (Å²) in [6, 6.07) is 0.